The van der Waals surface area contributed by atoms with E-state index in [1.165, 1.54) is 11.1 Å². The number of unbranched alkanes of at least 4 members (excludes halogenated alkanes) is 1. The third-order valence-electron chi connectivity index (χ3n) is 5.43. The summed E-state index contributed by atoms with van der Waals surface area (Å²) in [6, 6.07) is 16.0. The molecule has 2 aromatic carbocycles. The molecule has 1 atom stereocenters. The molecular formula is C26H36N2O2S. The second kappa shape index (κ2) is 13.2. The largest absolute Gasteiger partial charge is 0.354 e. The summed E-state index contributed by atoms with van der Waals surface area (Å²) in [7, 11) is 0. The van der Waals surface area contributed by atoms with Crippen LogP contribution in [0.5, 0.6) is 0 Å². The van der Waals surface area contributed by atoms with E-state index < -0.39 is 6.04 Å². The maximum absolute atomic E-state index is 13.3. The first kappa shape index (κ1) is 25.0. The molecule has 0 radical (unpaired) electrons. The fourth-order valence-electron chi connectivity index (χ4n) is 3.42. The van der Waals surface area contributed by atoms with Crippen molar-refractivity contribution < 1.29 is 9.59 Å². The Morgan fingerprint density at radius 2 is 1.74 bits per heavy atom. The van der Waals surface area contributed by atoms with Gasteiger partial charge in [0.2, 0.25) is 11.8 Å². The number of hydrogen-bond acceptors (Lipinski definition) is 3. The zero-order valence-corrected chi connectivity index (χ0v) is 20.1. The van der Waals surface area contributed by atoms with Crippen molar-refractivity contribution >= 4 is 23.6 Å². The molecule has 0 bridgehead atoms. The number of amides is 2. The topological polar surface area (TPSA) is 49.4 Å². The Morgan fingerprint density at radius 3 is 2.39 bits per heavy atom. The molecule has 1 unspecified atom stereocenters. The van der Waals surface area contributed by atoms with E-state index in [-0.39, 0.29) is 11.8 Å². The molecule has 168 valence electrons. The molecule has 0 aromatic heterocycles. The summed E-state index contributed by atoms with van der Waals surface area (Å²) in [5.41, 5.74) is 4.65. The number of hydrogen-bond donors (Lipinski definition) is 1. The Kier molecular flexibility index (Phi) is 10.6. The number of carbonyl (C=O) groups excluding carboxylic acids is 2. The van der Waals surface area contributed by atoms with E-state index >= 15 is 0 Å². The lowest BCUT2D eigenvalue weighted by Crippen LogP contribution is -2.49. The molecule has 4 nitrogen and oxygen atoms in total. The Balaban J connectivity index is 2.10. The van der Waals surface area contributed by atoms with E-state index in [2.05, 4.69) is 43.4 Å². The molecule has 2 aromatic rings. The minimum absolute atomic E-state index is 0.0119. The van der Waals surface area contributed by atoms with Crippen molar-refractivity contribution in [1.82, 2.24) is 10.2 Å². The van der Waals surface area contributed by atoms with Gasteiger partial charge in [-0.25, -0.2) is 0 Å². The van der Waals surface area contributed by atoms with Gasteiger partial charge in [0.15, 0.2) is 0 Å². The van der Waals surface area contributed by atoms with Gasteiger partial charge in [-0.3, -0.25) is 9.59 Å². The van der Waals surface area contributed by atoms with E-state index in [9.17, 15) is 9.59 Å². The number of nitrogens with zero attached hydrogens (tertiary/aromatic N) is 1. The van der Waals surface area contributed by atoms with Gasteiger partial charge in [-0.1, -0.05) is 74.4 Å². The molecule has 1 N–H and O–H groups in total. The average molecular weight is 441 g/mol. The summed E-state index contributed by atoms with van der Waals surface area (Å²) in [6.45, 7) is 9.30. The molecule has 31 heavy (non-hydrogen) atoms. The first-order valence-electron chi connectivity index (χ1n) is 11.2. The molecule has 0 saturated carbocycles. The Hall–Kier alpha value is -2.27. The zero-order valence-electron chi connectivity index (χ0n) is 19.3. The minimum Gasteiger partial charge on any atom is -0.354 e. The van der Waals surface area contributed by atoms with Gasteiger partial charge in [-0.2, -0.15) is 0 Å². The van der Waals surface area contributed by atoms with Crippen molar-refractivity contribution in [2.24, 2.45) is 0 Å². The molecule has 0 aliphatic rings. The molecule has 0 heterocycles. The van der Waals surface area contributed by atoms with Gasteiger partial charge in [0.25, 0.3) is 0 Å². The lowest BCUT2D eigenvalue weighted by atomic mass is 10.1. The highest BCUT2D eigenvalue weighted by Crippen LogP contribution is 2.19. The number of rotatable bonds is 12. The molecule has 2 rings (SSSR count). The molecule has 0 spiro atoms. The highest BCUT2D eigenvalue weighted by Gasteiger charge is 2.28. The second-order valence-electron chi connectivity index (χ2n) is 8.00. The number of thioether (sulfide) groups is 1. The molecule has 0 saturated heterocycles. The standard InChI is InChI=1S/C26H36N2O2S/c1-5-7-16-27-26(30)24(6-2)28(17-23-11-9-8-10-21(23)4)25(29)19-31-18-22-14-12-20(3)13-15-22/h8-15,24H,5-7,16-19H2,1-4H3,(H,27,30). The van der Waals surface area contributed by atoms with Crippen molar-refractivity contribution in [1.29, 1.82) is 0 Å². The Bertz CT molecular complexity index is 836. The molecule has 5 heteroatoms. The summed E-state index contributed by atoms with van der Waals surface area (Å²) in [4.78, 5) is 27.9. The van der Waals surface area contributed by atoms with Crippen LogP contribution >= 0.6 is 11.8 Å². The van der Waals surface area contributed by atoms with E-state index in [0.717, 1.165) is 29.7 Å². The van der Waals surface area contributed by atoms with Gasteiger partial charge in [-0.15, -0.1) is 11.8 Å². The Labute approximate surface area is 191 Å². The fraction of sp³-hybridized carbons (Fsp3) is 0.462. The van der Waals surface area contributed by atoms with Crippen LogP contribution < -0.4 is 5.32 Å². The average Bonchev–Trinajstić information content (AvgIpc) is 2.76. The molecule has 0 aliphatic carbocycles. The van der Waals surface area contributed by atoms with E-state index in [4.69, 9.17) is 0 Å². The van der Waals surface area contributed by atoms with Crippen LogP contribution in [0.15, 0.2) is 48.5 Å². The van der Waals surface area contributed by atoms with Crippen molar-refractivity contribution in [3.05, 3.63) is 70.8 Å². The third-order valence-corrected chi connectivity index (χ3v) is 6.42. The van der Waals surface area contributed by atoms with Gasteiger partial charge >= 0.3 is 0 Å². The smallest absolute Gasteiger partial charge is 0.242 e. The summed E-state index contributed by atoms with van der Waals surface area (Å²) in [5.74, 6) is 1.10. The maximum Gasteiger partial charge on any atom is 0.242 e. The normalized spacial score (nSPS) is 11.7. The SMILES string of the molecule is CCCCNC(=O)C(CC)N(Cc1ccccc1C)C(=O)CSCc1ccc(C)cc1. The monoisotopic (exact) mass is 440 g/mol. The van der Waals surface area contributed by atoms with Crippen LogP contribution in [-0.4, -0.2) is 35.1 Å². The Morgan fingerprint density at radius 1 is 1.03 bits per heavy atom. The third kappa shape index (κ3) is 8.06. The van der Waals surface area contributed by atoms with Crippen LogP contribution in [0.2, 0.25) is 0 Å². The minimum atomic E-state index is -0.455. The zero-order chi connectivity index (χ0) is 22.6. The second-order valence-corrected chi connectivity index (χ2v) is 8.98. The highest BCUT2D eigenvalue weighted by atomic mass is 32.2. The number of nitrogens with one attached hydrogen (secondary N) is 1. The molecule has 0 aliphatic heterocycles. The van der Waals surface area contributed by atoms with Crippen LogP contribution in [0.25, 0.3) is 0 Å². The quantitative estimate of drug-likeness (QED) is 0.458. The first-order valence-corrected chi connectivity index (χ1v) is 12.4. The highest BCUT2D eigenvalue weighted by molar-refractivity contribution is 7.99. The lowest BCUT2D eigenvalue weighted by Gasteiger charge is -2.31. The number of benzene rings is 2. The van der Waals surface area contributed by atoms with Gasteiger partial charge < -0.3 is 10.2 Å². The molecule has 0 fully saturated rings. The van der Waals surface area contributed by atoms with Crippen molar-refractivity contribution in [2.75, 3.05) is 12.3 Å². The van der Waals surface area contributed by atoms with E-state index in [0.29, 0.717) is 25.3 Å². The molecular weight excluding hydrogens is 404 g/mol. The predicted octanol–water partition coefficient (Wildman–Crippen LogP) is 5.26. The van der Waals surface area contributed by atoms with Gasteiger partial charge in [0.05, 0.1) is 5.75 Å². The summed E-state index contributed by atoms with van der Waals surface area (Å²) >= 11 is 1.60. The van der Waals surface area contributed by atoms with Crippen LogP contribution in [-0.2, 0) is 21.9 Å². The van der Waals surface area contributed by atoms with Gasteiger partial charge in [-0.05, 0) is 43.4 Å². The van der Waals surface area contributed by atoms with Gasteiger partial charge in [0.1, 0.15) is 6.04 Å². The lowest BCUT2D eigenvalue weighted by molar-refractivity contribution is -0.139. The van der Waals surface area contributed by atoms with E-state index in [1.54, 1.807) is 16.7 Å². The predicted molar refractivity (Wildman–Crippen MR) is 131 cm³/mol. The summed E-state index contributed by atoms with van der Waals surface area (Å²) in [5, 5.41) is 3.02. The van der Waals surface area contributed by atoms with Gasteiger partial charge in [0, 0.05) is 18.8 Å². The maximum atomic E-state index is 13.3. The van der Waals surface area contributed by atoms with Crippen LogP contribution in [0.4, 0.5) is 0 Å². The fourth-order valence-corrected chi connectivity index (χ4v) is 4.29. The van der Waals surface area contributed by atoms with Crippen molar-refractivity contribution in [3.63, 3.8) is 0 Å². The van der Waals surface area contributed by atoms with Crippen LogP contribution in [0, 0.1) is 13.8 Å². The van der Waals surface area contributed by atoms with Crippen molar-refractivity contribution in [3.8, 4) is 0 Å². The summed E-state index contributed by atoms with van der Waals surface area (Å²) < 4.78 is 0. The number of carbonyl (C=O) groups is 2. The molecule has 2 amide bonds. The van der Waals surface area contributed by atoms with E-state index in [1.807, 2.05) is 38.1 Å². The van der Waals surface area contributed by atoms with Crippen molar-refractivity contribution in [2.45, 2.75) is 65.3 Å². The first-order chi connectivity index (χ1) is 15.0. The number of aryl methyl sites for hydroxylation is 2. The summed E-state index contributed by atoms with van der Waals surface area (Å²) in [6.07, 6.45) is 2.57. The van der Waals surface area contributed by atoms with Crippen LogP contribution in [0.1, 0.15) is 55.4 Å². The van der Waals surface area contributed by atoms with Crippen LogP contribution in [0.3, 0.4) is 0 Å².